The summed E-state index contributed by atoms with van der Waals surface area (Å²) in [5.74, 6) is -0.144. The lowest BCUT2D eigenvalue weighted by Gasteiger charge is -2.08. The van der Waals surface area contributed by atoms with E-state index in [4.69, 9.17) is 0 Å². The van der Waals surface area contributed by atoms with E-state index in [1.165, 1.54) is 0 Å². The highest BCUT2D eigenvalue weighted by Crippen LogP contribution is 2.23. The molecule has 1 aromatic carbocycles. The van der Waals surface area contributed by atoms with Crippen LogP contribution in [0.4, 0.5) is 5.69 Å². The minimum absolute atomic E-state index is 0.144. The minimum Gasteiger partial charge on any atom is -0.321 e. The molecule has 1 amide bonds. The predicted molar refractivity (Wildman–Crippen MR) is 82.4 cm³/mol. The highest BCUT2D eigenvalue weighted by atomic mass is 16.1. The van der Waals surface area contributed by atoms with Crippen LogP contribution in [-0.2, 0) is 7.05 Å². The van der Waals surface area contributed by atoms with Crippen LogP contribution < -0.4 is 5.32 Å². The summed E-state index contributed by atoms with van der Waals surface area (Å²) in [6.07, 6.45) is 1.74. The zero-order valence-corrected chi connectivity index (χ0v) is 12.2. The van der Waals surface area contributed by atoms with Gasteiger partial charge < -0.3 is 5.32 Å². The van der Waals surface area contributed by atoms with Gasteiger partial charge in [0.15, 0.2) is 0 Å². The standard InChI is InChI=1S/C16H16N4O/c1-10-15(11(2)20(3)19-10)16(21)18-14-8-4-7-13-12(14)6-5-9-17-13/h4-9H,1-3H3,(H,18,21). The van der Waals surface area contributed by atoms with Gasteiger partial charge in [0.05, 0.1) is 22.5 Å². The normalized spacial score (nSPS) is 10.8. The Morgan fingerprint density at radius 2 is 2.00 bits per heavy atom. The Bertz CT molecular complexity index is 830. The summed E-state index contributed by atoms with van der Waals surface area (Å²) >= 11 is 0. The van der Waals surface area contributed by atoms with Gasteiger partial charge in [-0.25, -0.2) is 0 Å². The summed E-state index contributed by atoms with van der Waals surface area (Å²) in [6, 6.07) is 9.49. The van der Waals surface area contributed by atoms with Gasteiger partial charge in [0, 0.05) is 24.3 Å². The van der Waals surface area contributed by atoms with E-state index in [9.17, 15) is 4.79 Å². The Kier molecular flexibility index (Phi) is 3.17. The van der Waals surface area contributed by atoms with Crippen molar-refractivity contribution >= 4 is 22.5 Å². The van der Waals surface area contributed by atoms with Crippen molar-refractivity contribution in [2.45, 2.75) is 13.8 Å². The fourth-order valence-corrected chi connectivity index (χ4v) is 2.50. The first-order valence-corrected chi connectivity index (χ1v) is 6.73. The number of pyridine rings is 1. The quantitative estimate of drug-likeness (QED) is 0.785. The third kappa shape index (κ3) is 2.27. The molecule has 0 aliphatic rings. The second kappa shape index (κ2) is 5.01. The van der Waals surface area contributed by atoms with E-state index in [0.29, 0.717) is 5.56 Å². The number of aromatic nitrogens is 3. The molecule has 5 heteroatoms. The zero-order valence-electron chi connectivity index (χ0n) is 12.2. The van der Waals surface area contributed by atoms with Gasteiger partial charge in [0.25, 0.3) is 5.91 Å². The van der Waals surface area contributed by atoms with Crippen molar-refractivity contribution in [3.63, 3.8) is 0 Å². The van der Waals surface area contributed by atoms with Crippen LogP contribution in [0.5, 0.6) is 0 Å². The van der Waals surface area contributed by atoms with Crippen molar-refractivity contribution in [1.29, 1.82) is 0 Å². The van der Waals surface area contributed by atoms with Gasteiger partial charge in [-0.3, -0.25) is 14.5 Å². The lowest BCUT2D eigenvalue weighted by atomic mass is 10.1. The molecule has 2 heterocycles. The molecule has 0 saturated heterocycles. The van der Waals surface area contributed by atoms with Crippen molar-refractivity contribution in [3.8, 4) is 0 Å². The first-order chi connectivity index (χ1) is 10.1. The molecule has 0 atom stereocenters. The summed E-state index contributed by atoms with van der Waals surface area (Å²) in [6.45, 7) is 3.73. The number of hydrogen-bond acceptors (Lipinski definition) is 3. The molecular weight excluding hydrogens is 264 g/mol. The summed E-state index contributed by atoms with van der Waals surface area (Å²) in [5.41, 5.74) is 3.82. The molecule has 3 aromatic rings. The number of amides is 1. The number of nitrogens with zero attached hydrogens (tertiary/aromatic N) is 3. The summed E-state index contributed by atoms with van der Waals surface area (Å²) < 4.78 is 1.72. The minimum atomic E-state index is -0.144. The number of anilines is 1. The average Bonchev–Trinajstić information content (AvgIpc) is 2.72. The smallest absolute Gasteiger partial charge is 0.259 e. The SMILES string of the molecule is Cc1nn(C)c(C)c1C(=O)Nc1cccc2ncccc12. The third-order valence-electron chi connectivity index (χ3n) is 3.63. The lowest BCUT2D eigenvalue weighted by molar-refractivity contribution is 0.102. The summed E-state index contributed by atoms with van der Waals surface area (Å²) in [7, 11) is 1.83. The number of carbonyl (C=O) groups is 1. The molecule has 0 saturated carbocycles. The highest BCUT2D eigenvalue weighted by Gasteiger charge is 2.18. The zero-order chi connectivity index (χ0) is 15.0. The topological polar surface area (TPSA) is 59.8 Å². The number of fused-ring (bicyclic) bond motifs is 1. The number of nitrogens with one attached hydrogen (secondary N) is 1. The van der Waals surface area contributed by atoms with Crippen LogP contribution in [-0.4, -0.2) is 20.7 Å². The van der Waals surface area contributed by atoms with Crippen molar-refractivity contribution < 1.29 is 4.79 Å². The molecule has 5 nitrogen and oxygen atoms in total. The van der Waals surface area contributed by atoms with Crippen LogP contribution in [0, 0.1) is 13.8 Å². The van der Waals surface area contributed by atoms with Crippen LogP contribution in [0.15, 0.2) is 36.5 Å². The second-order valence-corrected chi connectivity index (χ2v) is 5.00. The Balaban J connectivity index is 2.01. The third-order valence-corrected chi connectivity index (χ3v) is 3.63. The number of carbonyl (C=O) groups excluding carboxylic acids is 1. The van der Waals surface area contributed by atoms with Crippen LogP contribution in [0.3, 0.4) is 0 Å². The van der Waals surface area contributed by atoms with Crippen molar-refractivity contribution in [1.82, 2.24) is 14.8 Å². The number of rotatable bonds is 2. The molecule has 106 valence electrons. The van der Waals surface area contributed by atoms with Gasteiger partial charge in [-0.05, 0) is 38.1 Å². The molecule has 0 aliphatic carbocycles. The largest absolute Gasteiger partial charge is 0.321 e. The van der Waals surface area contributed by atoms with Crippen LogP contribution in [0.1, 0.15) is 21.7 Å². The fourth-order valence-electron chi connectivity index (χ4n) is 2.50. The lowest BCUT2D eigenvalue weighted by Crippen LogP contribution is -2.14. The van der Waals surface area contributed by atoms with Gasteiger partial charge in [-0.2, -0.15) is 5.10 Å². The van der Waals surface area contributed by atoms with Crippen LogP contribution in [0.25, 0.3) is 10.9 Å². The average molecular weight is 280 g/mol. The molecule has 0 bridgehead atoms. The Morgan fingerprint density at radius 1 is 1.19 bits per heavy atom. The van der Waals surface area contributed by atoms with Crippen molar-refractivity contribution in [3.05, 3.63) is 53.5 Å². The van der Waals surface area contributed by atoms with Crippen LogP contribution in [0.2, 0.25) is 0 Å². The Labute approximate surface area is 122 Å². The predicted octanol–water partition coefficient (Wildman–Crippen LogP) is 2.84. The molecule has 21 heavy (non-hydrogen) atoms. The van der Waals surface area contributed by atoms with Gasteiger partial charge in [-0.15, -0.1) is 0 Å². The summed E-state index contributed by atoms with van der Waals surface area (Å²) in [5, 5.41) is 8.17. The molecule has 2 aromatic heterocycles. The van der Waals surface area contributed by atoms with E-state index >= 15 is 0 Å². The molecule has 0 aliphatic heterocycles. The molecule has 0 spiro atoms. The molecule has 0 fully saturated rings. The van der Waals surface area contributed by atoms with E-state index in [2.05, 4.69) is 15.4 Å². The van der Waals surface area contributed by atoms with Gasteiger partial charge >= 0.3 is 0 Å². The number of hydrogen-bond donors (Lipinski definition) is 1. The summed E-state index contributed by atoms with van der Waals surface area (Å²) in [4.78, 5) is 16.8. The molecular formula is C16H16N4O. The van der Waals surface area contributed by atoms with Gasteiger partial charge in [0.1, 0.15) is 0 Å². The molecule has 0 unspecified atom stereocenters. The van der Waals surface area contributed by atoms with E-state index in [-0.39, 0.29) is 5.91 Å². The number of benzene rings is 1. The van der Waals surface area contributed by atoms with E-state index in [1.54, 1.807) is 10.9 Å². The first kappa shape index (κ1) is 13.3. The molecule has 1 N–H and O–H groups in total. The maximum atomic E-state index is 12.5. The molecule has 0 radical (unpaired) electrons. The van der Waals surface area contributed by atoms with Gasteiger partial charge in [0.2, 0.25) is 0 Å². The first-order valence-electron chi connectivity index (χ1n) is 6.73. The Morgan fingerprint density at radius 3 is 2.71 bits per heavy atom. The van der Waals surface area contributed by atoms with E-state index in [0.717, 1.165) is 28.0 Å². The monoisotopic (exact) mass is 280 g/mol. The molecule has 3 rings (SSSR count). The number of aryl methyl sites for hydroxylation is 2. The van der Waals surface area contributed by atoms with E-state index < -0.39 is 0 Å². The van der Waals surface area contributed by atoms with Gasteiger partial charge in [-0.1, -0.05) is 6.07 Å². The fraction of sp³-hybridized carbons (Fsp3) is 0.188. The second-order valence-electron chi connectivity index (χ2n) is 5.00. The van der Waals surface area contributed by atoms with Crippen molar-refractivity contribution in [2.24, 2.45) is 7.05 Å². The van der Waals surface area contributed by atoms with E-state index in [1.807, 2.05) is 51.2 Å². The van der Waals surface area contributed by atoms with Crippen molar-refractivity contribution in [2.75, 3.05) is 5.32 Å². The van der Waals surface area contributed by atoms with Crippen LogP contribution >= 0.6 is 0 Å². The maximum absolute atomic E-state index is 12.5. The maximum Gasteiger partial charge on any atom is 0.259 e. The Hall–Kier alpha value is -2.69. The highest BCUT2D eigenvalue weighted by molar-refractivity contribution is 6.09.